The lowest BCUT2D eigenvalue weighted by Gasteiger charge is -2.13. The van der Waals surface area contributed by atoms with Gasteiger partial charge in [0.2, 0.25) is 0 Å². The van der Waals surface area contributed by atoms with Gasteiger partial charge in [-0.3, -0.25) is 0 Å². The van der Waals surface area contributed by atoms with Gasteiger partial charge in [-0.2, -0.15) is 0 Å². The third kappa shape index (κ3) is 10.3. The topological polar surface area (TPSA) is 21.8 Å². The van der Waals surface area contributed by atoms with Crippen LogP contribution in [0.5, 0.6) is 5.75 Å². The standard InChI is InChI=1S/C26H42O2/c1-3-4-5-6-7-8-9-10-11-12-13-14-15-16-19-24-20-17-18-21-25(24)27-22-26(2)23-28-26/h12-13,17-18,20-21H,3-11,14-16,19,22-23H2,1-2H3/b13-12+. The molecule has 1 aliphatic heterocycles. The molecule has 1 unspecified atom stereocenters. The quantitative estimate of drug-likeness (QED) is 0.156. The third-order valence-corrected chi connectivity index (χ3v) is 5.60. The lowest BCUT2D eigenvalue weighted by atomic mass is 10.1. The molecule has 0 radical (unpaired) electrons. The van der Waals surface area contributed by atoms with E-state index in [1.165, 1.54) is 82.6 Å². The fourth-order valence-corrected chi connectivity index (χ4v) is 3.50. The van der Waals surface area contributed by atoms with Crippen LogP contribution in [-0.4, -0.2) is 18.8 Å². The maximum atomic E-state index is 5.99. The molecule has 1 heterocycles. The van der Waals surface area contributed by atoms with Crippen molar-refractivity contribution in [3.63, 3.8) is 0 Å². The molecule has 0 saturated carbocycles. The van der Waals surface area contributed by atoms with Gasteiger partial charge in [-0.15, -0.1) is 0 Å². The molecular weight excluding hydrogens is 344 g/mol. The minimum atomic E-state index is -0.0487. The van der Waals surface area contributed by atoms with Gasteiger partial charge in [0.15, 0.2) is 0 Å². The van der Waals surface area contributed by atoms with Gasteiger partial charge in [0.05, 0.1) is 6.61 Å². The summed E-state index contributed by atoms with van der Waals surface area (Å²) in [6.45, 7) is 5.87. The number of allylic oxidation sites excluding steroid dienone is 2. The van der Waals surface area contributed by atoms with Crippen LogP contribution in [-0.2, 0) is 11.2 Å². The number of benzene rings is 1. The first kappa shape index (κ1) is 23.0. The van der Waals surface area contributed by atoms with Crippen LogP contribution in [0.1, 0.15) is 96.5 Å². The van der Waals surface area contributed by atoms with Crippen molar-refractivity contribution in [1.29, 1.82) is 0 Å². The molecule has 158 valence electrons. The highest BCUT2D eigenvalue weighted by molar-refractivity contribution is 5.33. The number of para-hydroxylation sites is 1. The summed E-state index contributed by atoms with van der Waals surface area (Å²) in [6, 6.07) is 8.46. The Balaban J connectivity index is 1.46. The van der Waals surface area contributed by atoms with Crippen molar-refractivity contribution in [2.45, 2.75) is 103 Å². The Morgan fingerprint density at radius 2 is 1.50 bits per heavy atom. The average molecular weight is 387 g/mol. The van der Waals surface area contributed by atoms with Gasteiger partial charge >= 0.3 is 0 Å². The number of unbranched alkanes of at least 4 members (excludes halogenated alkanes) is 10. The molecule has 0 aromatic heterocycles. The Morgan fingerprint density at radius 1 is 0.893 bits per heavy atom. The average Bonchev–Trinajstić information content (AvgIpc) is 3.45. The second kappa shape index (κ2) is 13.8. The highest BCUT2D eigenvalue weighted by atomic mass is 16.6. The smallest absolute Gasteiger partial charge is 0.123 e. The van der Waals surface area contributed by atoms with Crippen molar-refractivity contribution in [1.82, 2.24) is 0 Å². The molecule has 1 fully saturated rings. The molecule has 0 N–H and O–H groups in total. The minimum absolute atomic E-state index is 0.0487. The van der Waals surface area contributed by atoms with E-state index < -0.39 is 0 Å². The Kier molecular flexibility index (Phi) is 11.4. The fourth-order valence-electron chi connectivity index (χ4n) is 3.50. The van der Waals surface area contributed by atoms with Crippen LogP contribution >= 0.6 is 0 Å². The van der Waals surface area contributed by atoms with E-state index in [4.69, 9.17) is 9.47 Å². The molecular formula is C26H42O2. The second-order valence-electron chi connectivity index (χ2n) is 8.62. The maximum absolute atomic E-state index is 5.99. The molecule has 2 rings (SSSR count). The van der Waals surface area contributed by atoms with Crippen LogP contribution in [0.3, 0.4) is 0 Å². The maximum Gasteiger partial charge on any atom is 0.123 e. The first-order valence-corrected chi connectivity index (χ1v) is 11.7. The number of ether oxygens (including phenoxy) is 2. The highest BCUT2D eigenvalue weighted by Crippen LogP contribution is 2.28. The van der Waals surface area contributed by atoms with Crippen LogP contribution in [0.15, 0.2) is 36.4 Å². The van der Waals surface area contributed by atoms with E-state index in [0.717, 1.165) is 18.8 Å². The summed E-state index contributed by atoms with van der Waals surface area (Å²) < 4.78 is 11.4. The monoisotopic (exact) mass is 386 g/mol. The van der Waals surface area contributed by atoms with Gasteiger partial charge in [-0.25, -0.2) is 0 Å². The number of epoxide rings is 1. The summed E-state index contributed by atoms with van der Waals surface area (Å²) in [5.41, 5.74) is 1.28. The zero-order valence-electron chi connectivity index (χ0n) is 18.4. The second-order valence-corrected chi connectivity index (χ2v) is 8.62. The largest absolute Gasteiger partial charge is 0.490 e. The van der Waals surface area contributed by atoms with Crippen molar-refractivity contribution >= 4 is 0 Å². The van der Waals surface area contributed by atoms with E-state index in [1.54, 1.807) is 0 Å². The number of rotatable bonds is 17. The van der Waals surface area contributed by atoms with Gasteiger partial charge in [-0.05, 0) is 57.1 Å². The molecule has 0 amide bonds. The molecule has 1 aromatic rings. The third-order valence-electron chi connectivity index (χ3n) is 5.60. The van der Waals surface area contributed by atoms with Crippen molar-refractivity contribution in [3.8, 4) is 5.75 Å². The van der Waals surface area contributed by atoms with E-state index in [1.807, 2.05) is 0 Å². The Labute approximate surface area is 173 Å². The predicted molar refractivity (Wildman–Crippen MR) is 120 cm³/mol. The number of aryl methyl sites for hydroxylation is 1. The van der Waals surface area contributed by atoms with Crippen molar-refractivity contribution in [3.05, 3.63) is 42.0 Å². The minimum Gasteiger partial charge on any atom is -0.490 e. The molecule has 0 bridgehead atoms. The van der Waals surface area contributed by atoms with E-state index in [0.29, 0.717) is 6.61 Å². The Bertz CT molecular complexity index is 545. The van der Waals surface area contributed by atoms with E-state index in [2.05, 4.69) is 50.3 Å². The fraction of sp³-hybridized carbons (Fsp3) is 0.692. The van der Waals surface area contributed by atoms with E-state index in [9.17, 15) is 0 Å². The molecule has 2 nitrogen and oxygen atoms in total. The molecule has 0 aliphatic carbocycles. The van der Waals surface area contributed by atoms with Gasteiger partial charge in [0.1, 0.15) is 18.0 Å². The van der Waals surface area contributed by atoms with Gasteiger partial charge in [0, 0.05) is 0 Å². The molecule has 2 heteroatoms. The van der Waals surface area contributed by atoms with Crippen LogP contribution in [0.4, 0.5) is 0 Å². The first-order valence-electron chi connectivity index (χ1n) is 11.7. The summed E-state index contributed by atoms with van der Waals surface area (Å²) in [5, 5.41) is 0. The van der Waals surface area contributed by atoms with Crippen LogP contribution < -0.4 is 4.74 Å². The van der Waals surface area contributed by atoms with Gasteiger partial charge < -0.3 is 9.47 Å². The van der Waals surface area contributed by atoms with Crippen LogP contribution in [0.25, 0.3) is 0 Å². The molecule has 1 saturated heterocycles. The van der Waals surface area contributed by atoms with Crippen molar-refractivity contribution < 1.29 is 9.47 Å². The summed E-state index contributed by atoms with van der Waals surface area (Å²) in [4.78, 5) is 0. The highest BCUT2D eigenvalue weighted by Gasteiger charge is 2.40. The predicted octanol–water partition coefficient (Wildman–Crippen LogP) is 7.65. The zero-order chi connectivity index (χ0) is 19.9. The summed E-state index contributed by atoms with van der Waals surface area (Å²) in [7, 11) is 0. The number of hydrogen-bond acceptors (Lipinski definition) is 2. The summed E-state index contributed by atoms with van der Waals surface area (Å²) in [5.74, 6) is 1.03. The Hall–Kier alpha value is -1.28. The van der Waals surface area contributed by atoms with E-state index >= 15 is 0 Å². The Morgan fingerprint density at radius 3 is 2.18 bits per heavy atom. The molecule has 1 aromatic carbocycles. The van der Waals surface area contributed by atoms with Crippen molar-refractivity contribution in [2.75, 3.05) is 13.2 Å². The lowest BCUT2D eigenvalue weighted by molar-refractivity contribution is 0.201. The van der Waals surface area contributed by atoms with Gasteiger partial charge in [-0.1, -0.05) is 82.2 Å². The molecule has 28 heavy (non-hydrogen) atoms. The SMILES string of the molecule is CCCCCCCCCC/C=C/CCCCc1ccccc1OCC1(C)CO1. The van der Waals surface area contributed by atoms with Crippen LogP contribution in [0, 0.1) is 0 Å². The summed E-state index contributed by atoms with van der Waals surface area (Å²) in [6.07, 6.45) is 22.0. The number of hydrogen-bond donors (Lipinski definition) is 0. The lowest BCUT2D eigenvalue weighted by Crippen LogP contribution is -2.17. The molecule has 1 atom stereocenters. The molecule has 1 aliphatic rings. The van der Waals surface area contributed by atoms with Crippen LogP contribution in [0.2, 0.25) is 0 Å². The van der Waals surface area contributed by atoms with Gasteiger partial charge in [0.25, 0.3) is 0 Å². The first-order chi connectivity index (χ1) is 13.7. The summed E-state index contributed by atoms with van der Waals surface area (Å²) >= 11 is 0. The van der Waals surface area contributed by atoms with E-state index in [-0.39, 0.29) is 5.60 Å². The normalized spacial score (nSPS) is 18.6. The molecule has 0 spiro atoms. The van der Waals surface area contributed by atoms with Crippen molar-refractivity contribution in [2.24, 2.45) is 0 Å². The zero-order valence-corrected chi connectivity index (χ0v) is 18.4.